The van der Waals surface area contributed by atoms with Crippen LogP contribution < -0.4 is 5.73 Å². The number of hydrogen-bond acceptors (Lipinski definition) is 3. The second-order valence-corrected chi connectivity index (χ2v) is 4.65. The fraction of sp³-hybridized carbons (Fsp3) is 0.500. The van der Waals surface area contributed by atoms with Gasteiger partial charge in [-0.2, -0.15) is 0 Å². The third-order valence-corrected chi connectivity index (χ3v) is 3.09. The van der Waals surface area contributed by atoms with Gasteiger partial charge in [-0.1, -0.05) is 6.92 Å². The van der Waals surface area contributed by atoms with Crippen LogP contribution in [-0.2, 0) is 6.54 Å². The van der Waals surface area contributed by atoms with Crippen LogP contribution in [0, 0.1) is 11.7 Å². The van der Waals surface area contributed by atoms with Gasteiger partial charge in [-0.3, -0.25) is 4.90 Å². The summed E-state index contributed by atoms with van der Waals surface area (Å²) >= 11 is 0. The molecule has 0 saturated carbocycles. The lowest BCUT2D eigenvalue weighted by Gasteiger charge is -2.15. The van der Waals surface area contributed by atoms with E-state index < -0.39 is 5.82 Å². The summed E-state index contributed by atoms with van der Waals surface area (Å²) in [6, 6.07) is 4.36. The fourth-order valence-corrected chi connectivity index (χ4v) is 2.21. The third-order valence-electron chi connectivity index (χ3n) is 3.09. The quantitative estimate of drug-likeness (QED) is 0.796. The van der Waals surface area contributed by atoms with Crippen LogP contribution in [0.1, 0.15) is 12.5 Å². The standard InChI is InChI=1S/C12H17FN2O/c1-8-5-15(7-12(8)14)6-9-2-10(13)4-11(16)3-9/h2-4,8,12,16H,5-7,14H2,1H3. The van der Waals surface area contributed by atoms with Crippen LogP contribution >= 0.6 is 0 Å². The third kappa shape index (κ3) is 2.51. The molecule has 2 rings (SSSR count). The largest absolute Gasteiger partial charge is 0.508 e. The lowest BCUT2D eigenvalue weighted by molar-refractivity contribution is 0.317. The Morgan fingerprint density at radius 1 is 1.44 bits per heavy atom. The fourth-order valence-electron chi connectivity index (χ4n) is 2.21. The molecule has 88 valence electrons. The first-order valence-corrected chi connectivity index (χ1v) is 5.51. The zero-order valence-corrected chi connectivity index (χ0v) is 9.36. The van der Waals surface area contributed by atoms with Crippen LogP contribution in [0.25, 0.3) is 0 Å². The van der Waals surface area contributed by atoms with Crippen molar-refractivity contribution in [3.63, 3.8) is 0 Å². The molecule has 3 N–H and O–H groups in total. The molecule has 1 heterocycles. The highest BCUT2D eigenvalue weighted by Crippen LogP contribution is 2.20. The predicted molar refractivity (Wildman–Crippen MR) is 60.5 cm³/mol. The molecular formula is C12H17FN2O. The number of phenolic OH excluding ortho intramolecular Hbond substituents is 1. The zero-order valence-electron chi connectivity index (χ0n) is 9.36. The number of nitrogens with two attached hydrogens (primary N) is 1. The normalized spacial score (nSPS) is 26.2. The Morgan fingerprint density at radius 3 is 2.75 bits per heavy atom. The van der Waals surface area contributed by atoms with Crippen LogP contribution in [0.15, 0.2) is 18.2 Å². The van der Waals surface area contributed by atoms with Gasteiger partial charge in [0.05, 0.1) is 0 Å². The van der Waals surface area contributed by atoms with E-state index >= 15 is 0 Å². The minimum absolute atomic E-state index is 0.0217. The predicted octanol–water partition coefficient (Wildman–Crippen LogP) is 1.31. The summed E-state index contributed by atoms with van der Waals surface area (Å²) in [6.45, 7) is 4.52. The Balaban J connectivity index is 2.04. The summed E-state index contributed by atoms with van der Waals surface area (Å²) in [5.41, 5.74) is 6.71. The van der Waals surface area contributed by atoms with Gasteiger partial charge in [0.2, 0.25) is 0 Å². The molecule has 1 aliphatic heterocycles. The molecule has 1 aromatic carbocycles. The molecule has 1 fully saturated rings. The van der Waals surface area contributed by atoms with Crippen molar-refractivity contribution in [2.45, 2.75) is 19.5 Å². The highest BCUT2D eigenvalue weighted by atomic mass is 19.1. The Morgan fingerprint density at radius 2 is 2.19 bits per heavy atom. The molecule has 0 spiro atoms. The SMILES string of the molecule is CC1CN(Cc2cc(O)cc(F)c2)CC1N. The van der Waals surface area contributed by atoms with Crippen LogP contribution in [0.3, 0.4) is 0 Å². The number of aromatic hydroxyl groups is 1. The average molecular weight is 224 g/mol. The van der Waals surface area contributed by atoms with Crippen LogP contribution in [0.2, 0.25) is 0 Å². The minimum Gasteiger partial charge on any atom is -0.508 e. The van der Waals surface area contributed by atoms with Gasteiger partial charge in [0, 0.05) is 31.7 Å². The maximum absolute atomic E-state index is 13.1. The molecule has 0 radical (unpaired) electrons. The molecular weight excluding hydrogens is 207 g/mol. The average Bonchev–Trinajstić information content (AvgIpc) is 2.43. The maximum atomic E-state index is 13.1. The van der Waals surface area contributed by atoms with E-state index in [4.69, 9.17) is 5.73 Å². The molecule has 1 aromatic rings. The van der Waals surface area contributed by atoms with Crippen LogP contribution in [0.4, 0.5) is 4.39 Å². The monoisotopic (exact) mass is 224 g/mol. The van der Waals surface area contributed by atoms with Gasteiger partial charge in [-0.25, -0.2) is 4.39 Å². The van der Waals surface area contributed by atoms with Gasteiger partial charge in [0.25, 0.3) is 0 Å². The Bertz CT molecular complexity index is 353. The van der Waals surface area contributed by atoms with Gasteiger partial charge in [0.1, 0.15) is 11.6 Å². The van der Waals surface area contributed by atoms with E-state index in [9.17, 15) is 9.50 Å². The maximum Gasteiger partial charge on any atom is 0.127 e. The Kier molecular flexibility index (Phi) is 3.12. The summed E-state index contributed by atoms with van der Waals surface area (Å²) in [5.74, 6) is 0.0558. The van der Waals surface area contributed by atoms with Crippen LogP contribution in [-0.4, -0.2) is 29.1 Å². The van der Waals surface area contributed by atoms with Crippen molar-refractivity contribution in [1.82, 2.24) is 4.90 Å². The lowest BCUT2D eigenvalue weighted by Crippen LogP contribution is -2.28. The van der Waals surface area contributed by atoms with Gasteiger partial charge in [-0.15, -0.1) is 0 Å². The Labute approximate surface area is 94.7 Å². The van der Waals surface area contributed by atoms with Crippen molar-refractivity contribution in [3.8, 4) is 5.75 Å². The first kappa shape index (κ1) is 11.4. The number of rotatable bonds is 2. The van der Waals surface area contributed by atoms with Crippen molar-refractivity contribution in [3.05, 3.63) is 29.6 Å². The van der Waals surface area contributed by atoms with Crippen molar-refractivity contribution in [2.24, 2.45) is 11.7 Å². The lowest BCUT2D eigenvalue weighted by atomic mass is 10.1. The first-order chi connectivity index (χ1) is 7.54. The van der Waals surface area contributed by atoms with Crippen LogP contribution in [0.5, 0.6) is 5.75 Å². The van der Waals surface area contributed by atoms with Gasteiger partial charge < -0.3 is 10.8 Å². The number of hydrogen-bond donors (Lipinski definition) is 2. The Hall–Kier alpha value is -1.13. The summed E-state index contributed by atoms with van der Waals surface area (Å²) < 4.78 is 13.1. The van der Waals surface area contributed by atoms with E-state index in [2.05, 4.69) is 11.8 Å². The smallest absolute Gasteiger partial charge is 0.127 e. The molecule has 0 bridgehead atoms. The van der Waals surface area contributed by atoms with E-state index in [0.29, 0.717) is 12.5 Å². The zero-order chi connectivity index (χ0) is 11.7. The molecule has 1 saturated heterocycles. The second kappa shape index (κ2) is 4.39. The summed E-state index contributed by atoms with van der Waals surface area (Å²) in [6.07, 6.45) is 0. The van der Waals surface area contributed by atoms with Gasteiger partial charge in [0.15, 0.2) is 0 Å². The van der Waals surface area contributed by atoms with E-state index in [1.54, 1.807) is 6.07 Å². The number of benzene rings is 1. The number of nitrogens with zero attached hydrogens (tertiary/aromatic N) is 1. The van der Waals surface area contributed by atoms with E-state index in [1.807, 2.05) is 0 Å². The van der Waals surface area contributed by atoms with Gasteiger partial charge in [-0.05, 0) is 23.6 Å². The molecule has 2 unspecified atom stereocenters. The van der Waals surface area contributed by atoms with E-state index in [0.717, 1.165) is 24.7 Å². The topological polar surface area (TPSA) is 49.5 Å². The van der Waals surface area contributed by atoms with E-state index in [-0.39, 0.29) is 11.8 Å². The number of likely N-dealkylation sites (tertiary alicyclic amines) is 1. The number of halogens is 1. The highest BCUT2D eigenvalue weighted by molar-refractivity contribution is 5.28. The minimum atomic E-state index is -0.397. The molecule has 3 nitrogen and oxygen atoms in total. The van der Waals surface area contributed by atoms with Gasteiger partial charge >= 0.3 is 0 Å². The first-order valence-electron chi connectivity index (χ1n) is 5.51. The van der Waals surface area contributed by atoms with Crippen molar-refractivity contribution in [2.75, 3.05) is 13.1 Å². The van der Waals surface area contributed by atoms with E-state index in [1.165, 1.54) is 6.07 Å². The molecule has 0 aliphatic carbocycles. The van der Waals surface area contributed by atoms with Crippen molar-refractivity contribution >= 4 is 0 Å². The molecule has 0 aromatic heterocycles. The summed E-state index contributed by atoms with van der Waals surface area (Å²) in [4.78, 5) is 2.18. The molecule has 2 atom stereocenters. The summed E-state index contributed by atoms with van der Waals surface area (Å²) in [5, 5.41) is 9.29. The molecule has 0 amide bonds. The highest BCUT2D eigenvalue weighted by Gasteiger charge is 2.26. The van der Waals surface area contributed by atoms with Crippen molar-refractivity contribution < 1.29 is 9.50 Å². The molecule has 4 heteroatoms. The van der Waals surface area contributed by atoms with Crippen molar-refractivity contribution in [1.29, 1.82) is 0 Å². The number of phenols is 1. The second-order valence-electron chi connectivity index (χ2n) is 4.65. The molecule has 1 aliphatic rings. The summed E-state index contributed by atoms with van der Waals surface area (Å²) in [7, 11) is 0. The molecule has 16 heavy (non-hydrogen) atoms.